The van der Waals surface area contributed by atoms with Crippen LogP contribution in [0.5, 0.6) is 0 Å². The van der Waals surface area contributed by atoms with Gasteiger partial charge in [-0.05, 0) is 44.8 Å². The molecule has 0 aliphatic heterocycles. The molecule has 11 heteroatoms. The van der Waals surface area contributed by atoms with E-state index < -0.39 is 0 Å². The Morgan fingerprint density at radius 2 is 1.84 bits per heavy atom. The molecular weight excluding hydrogens is 480 g/mol. The van der Waals surface area contributed by atoms with Crippen molar-refractivity contribution >= 4 is 45.8 Å². The molecule has 0 radical (unpaired) electrons. The van der Waals surface area contributed by atoms with Crippen molar-refractivity contribution in [1.82, 2.24) is 30.2 Å². The second-order valence-electron chi connectivity index (χ2n) is 10.4. The smallest absolute Gasteiger partial charge is 0.271 e. The van der Waals surface area contributed by atoms with Crippen molar-refractivity contribution in [3.05, 3.63) is 48.1 Å². The number of likely N-dealkylation sites (N-methyl/N-ethyl adjacent to an activating group) is 3. The Balaban J connectivity index is 1.87. The summed E-state index contributed by atoms with van der Waals surface area (Å²) >= 11 is 0. The predicted octanol–water partition coefficient (Wildman–Crippen LogP) is 3.58. The molecule has 0 atom stereocenters. The van der Waals surface area contributed by atoms with Crippen molar-refractivity contribution in [2.75, 3.05) is 56.8 Å². The minimum atomic E-state index is -0.367. The molecule has 0 aliphatic carbocycles. The van der Waals surface area contributed by atoms with Crippen molar-refractivity contribution in [1.29, 1.82) is 5.41 Å². The summed E-state index contributed by atoms with van der Waals surface area (Å²) in [4.78, 5) is 35.0. The van der Waals surface area contributed by atoms with Crippen molar-refractivity contribution in [3.8, 4) is 0 Å². The van der Waals surface area contributed by atoms with Gasteiger partial charge in [-0.15, -0.1) is 0 Å². The highest BCUT2D eigenvalue weighted by Gasteiger charge is 2.18. The van der Waals surface area contributed by atoms with Crippen LogP contribution in [0.15, 0.2) is 42.5 Å². The van der Waals surface area contributed by atoms with Crippen LogP contribution in [0.1, 0.15) is 26.3 Å². The molecule has 0 fully saturated rings. The Bertz CT molecular complexity index is 1340. The van der Waals surface area contributed by atoms with E-state index >= 15 is 0 Å². The van der Waals surface area contributed by atoms with Crippen LogP contribution in [0.3, 0.4) is 0 Å². The third-order valence-corrected chi connectivity index (χ3v) is 5.95. The first-order valence-electron chi connectivity index (χ1n) is 12.4. The maximum atomic E-state index is 12.9. The van der Waals surface area contributed by atoms with E-state index in [0.717, 1.165) is 24.3 Å². The molecule has 0 bridgehead atoms. The number of rotatable bonds is 10. The number of allylic oxidation sites excluding steroid dienone is 1. The number of fused-ring (bicyclic) bond motifs is 1. The highest BCUT2D eigenvalue weighted by molar-refractivity contribution is 6.09. The maximum absolute atomic E-state index is 12.9. The lowest BCUT2D eigenvalue weighted by atomic mass is 9.89. The van der Waals surface area contributed by atoms with E-state index in [-0.39, 0.29) is 11.3 Å². The third kappa shape index (κ3) is 7.22. The van der Waals surface area contributed by atoms with Gasteiger partial charge in [0.1, 0.15) is 23.1 Å². The molecule has 4 N–H and O–H groups in total. The molecule has 1 amide bonds. The normalized spacial score (nSPS) is 12.0. The van der Waals surface area contributed by atoms with Gasteiger partial charge < -0.3 is 31.2 Å². The molecular formula is C27H38N10O. The number of nitrogens with zero attached hydrogens (tertiary/aromatic N) is 6. The SMILES string of the molecule is CN/C(=C\C(=N)C(C)(C)C)C(=O)Nc1ccc(C)c(Nc2ncnc3cnc(N(C)CCN(C)C)nc23)c1. The summed E-state index contributed by atoms with van der Waals surface area (Å²) in [6, 6.07) is 5.59. The van der Waals surface area contributed by atoms with E-state index in [9.17, 15) is 4.79 Å². The Hall–Kier alpha value is -4.12. The minimum absolute atomic E-state index is 0.310. The fraction of sp³-hybridized carbons (Fsp3) is 0.407. The Kier molecular flexibility index (Phi) is 8.95. The Morgan fingerprint density at radius 1 is 1.11 bits per heavy atom. The van der Waals surface area contributed by atoms with Crippen molar-refractivity contribution in [2.45, 2.75) is 27.7 Å². The van der Waals surface area contributed by atoms with Gasteiger partial charge in [0.2, 0.25) is 5.95 Å². The molecule has 3 rings (SSSR count). The molecule has 0 saturated carbocycles. The summed E-state index contributed by atoms with van der Waals surface area (Å²) in [7, 11) is 7.67. The lowest BCUT2D eigenvalue weighted by Crippen LogP contribution is -2.29. The van der Waals surface area contributed by atoms with Crippen LogP contribution in [-0.2, 0) is 4.79 Å². The van der Waals surface area contributed by atoms with Crippen LogP contribution in [-0.4, -0.2) is 77.7 Å². The molecule has 0 saturated heterocycles. The maximum Gasteiger partial charge on any atom is 0.271 e. The zero-order chi connectivity index (χ0) is 28.0. The lowest BCUT2D eigenvalue weighted by molar-refractivity contribution is -0.113. The topological polar surface area (TPSA) is 135 Å². The van der Waals surface area contributed by atoms with Crippen LogP contribution < -0.4 is 20.9 Å². The van der Waals surface area contributed by atoms with E-state index in [2.05, 4.69) is 35.8 Å². The third-order valence-electron chi connectivity index (χ3n) is 5.95. The molecule has 1 aromatic carbocycles. The van der Waals surface area contributed by atoms with Gasteiger partial charge in [-0.3, -0.25) is 4.79 Å². The van der Waals surface area contributed by atoms with E-state index in [4.69, 9.17) is 10.4 Å². The molecule has 11 nitrogen and oxygen atoms in total. The average Bonchev–Trinajstić information content (AvgIpc) is 2.86. The second-order valence-corrected chi connectivity index (χ2v) is 10.4. The molecule has 202 valence electrons. The molecule has 2 heterocycles. The van der Waals surface area contributed by atoms with Crippen LogP contribution in [0, 0.1) is 17.7 Å². The number of carbonyl (C=O) groups excluding carboxylic acids is 1. The monoisotopic (exact) mass is 518 g/mol. The summed E-state index contributed by atoms with van der Waals surface area (Å²) in [5.41, 5.74) is 3.85. The number of amides is 1. The average molecular weight is 519 g/mol. The Morgan fingerprint density at radius 3 is 2.50 bits per heavy atom. The van der Waals surface area contributed by atoms with Crippen LogP contribution in [0.4, 0.5) is 23.1 Å². The molecule has 38 heavy (non-hydrogen) atoms. The van der Waals surface area contributed by atoms with Gasteiger partial charge in [0.05, 0.1) is 6.20 Å². The first-order valence-corrected chi connectivity index (χ1v) is 12.4. The van der Waals surface area contributed by atoms with E-state index in [1.165, 1.54) is 6.33 Å². The number of aryl methyl sites for hydroxylation is 1. The van der Waals surface area contributed by atoms with Gasteiger partial charge in [0, 0.05) is 49.7 Å². The first-order chi connectivity index (χ1) is 17.9. The summed E-state index contributed by atoms with van der Waals surface area (Å²) in [6.07, 6.45) is 4.72. The van der Waals surface area contributed by atoms with Crippen molar-refractivity contribution < 1.29 is 4.79 Å². The number of anilines is 4. The van der Waals surface area contributed by atoms with E-state index in [1.807, 2.05) is 71.9 Å². The number of hydrogen-bond donors (Lipinski definition) is 4. The van der Waals surface area contributed by atoms with Crippen LogP contribution in [0.25, 0.3) is 11.0 Å². The second kappa shape index (κ2) is 12.0. The zero-order valence-electron chi connectivity index (χ0n) is 23.5. The number of hydrogen-bond acceptors (Lipinski definition) is 10. The molecule has 3 aromatic rings. The first kappa shape index (κ1) is 28.5. The fourth-order valence-electron chi connectivity index (χ4n) is 3.34. The largest absolute Gasteiger partial charge is 0.384 e. The number of benzene rings is 1. The van der Waals surface area contributed by atoms with Gasteiger partial charge in [-0.2, -0.15) is 0 Å². The van der Waals surface area contributed by atoms with Crippen LogP contribution in [0.2, 0.25) is 0 Å². The van der Waals surface area contributed by atoms with Gasteiger partial charge >= 0.3 is 0 Å². The number of nitrogens with one attached hydrogen (secondary N) is 4. The standard InChI is InChI=1S/C27H38N10O/c1-17-9-10-18(33-25(38)20(29-5)14-22(28)27(2,3)4)13-19(17)34-24-23-21(31-16-32-24)15-30-26(35-23)37(8)12-11-36(6)7/h9-10,13-16,28-29H,11-12H2,1-8H3,(H,33,38)(H,31,32,34)/b20-14-,28-22?. The quantitative estimate of drug-likeness (QED) is 0.235. The van der Waals surface area contributed by atoms with Crippen LogP contribution >= 0.6 is 0 Å². The van der Waals surface area contributed by atoms with Crippen molar-refractivity contribution in [2.24, 2.45) is 5.41 Å². The van der Waals surface area contributed by atoms with E-state index in [0.29, 0.717) is 39.9 Å². The number of aromatic nitrogens is 4. The molecule has 2 aromatic heterocycles. The van der Waals surface area contributed by atoms with E-state index in [1.54, 1.807) is 19.3 Å². The molecule has 0 spiro atoms. The highest BCUT2D eigenvalue weighted by Crippen LogP contribution is 2.27. The van der Waals surface area contributed by atoms with Gasteiger partial charge in [-0.1, -0.05) is 26.8 Å². The summed E-state index contributed by atoms with van der Waals surface area (Å²) in [6.45, 7) is 9.41. The lowest BCUT2D eigenvalue weighted by Gasteiger charge is -2.20. The molecule has 0 unspecified atom stereocenters. The number of carbonyl (C=O) groups is 1. The van der Waals surface area contributed by atoms with Gasteiger partial charge in [0.25, 0.3) is 5.91 Å². The predicted molar refractivity (Wildman–Crippen MR) is 154 cm³/mol. The fourth-order valence-corrected chi connectivity index (χ4v) is 3.34. The van der Waals surface area contributed by atoms with Gasteiger partial charge in [0.15, 0.2) is 5.82 Å². The van der Waals surface area contributed by atoms with Gasteiger partial charge in [-0.25, -0.2) is 19.9 Å². The van der Waals surface area contributed by atoms with Crippen molar-refractivity contribution in [3.63, 3.8) is 0 Å². The molecule has 0 aliphatic rings. The highest BCUT2D eigenvalue weighted by atomic mass is 16.2. The zero-order valence-corrected chi connectivity index (χ0v) is 23.5. The minimum Gasteiger partial charge on any atom is -0.384 e. The summed E-state index contributed by atoms with van der Waals surface area (Å²) < 4.78 is 0. The summed E-state index contributed by atoms with van der Waals surface area (Å²) in [5, 5.41) is 17.4. The summed E-state index contributed by atoms with van der Waals surface area (Å²) in [5.74, 6) is 0.796. The Labute approximate surface area is 224 Å².